The van der Waals surface area contributed by atoms with E-state index in [0.717, 1.165) is 11.4 Å². The van der Waals surface area contributed by atoms with Crippen molar-refractivity contribution in [2.75, 3.05) is 0 Å². The summed E-state index contributed by atoms with van der Waals surface area (Å²) >= 11 is 5.86. The number of hydrogen-bond donors (Lipinski definition) is 1. The molecule has 0 bridgehead atoms. The number of aliphatic carboxylic acids is 1. The van der Waals surface area contributed by atoms with E-state index in [-0.39, 0.29) is 5.57 Å². The third kappa shape index (κ3) is 2.96. The second-order valence-corrected chi connectivity index (χ2v) is 4.88. The molecule has 5 nitrogen and oxygen atoms in total. The molecule has 0 spiro atoms. The molecule has 0 fully saturated rings. The number of nitriles is 1. The zero-order valence-corrected chi connectivity index (χ0v) is 12.2. The molecule has 106 valence electrons. The Morgan fingerprint density at radius 2 is 2.00 bits per heavy atom. The molecule has 0 atom stereocenters. The Morgan fingerprint density at radius 1 is 1.38 bits per heavy atom. The zero-order valence-electron chi connectivity index (χ0n) is 11.5. The van der Waals surface area contributed by atoms with Crippen LogP contribution in [0.4, 0.5) is 0 Å². The van der Waals surface area contributed by atoms with Gasteiger partial charge in [-0.25, -0.2) is 9.48 Å². The number of aryl methyl sites for hydroxylation is 1. The van der Waals surface area contributed by atoms with E-state index < -0.39 is 5.97 Å². The lowest BCUT2D eigenvalue weighted by Gasteiger charge is -2.04. The molecule has 1 N–H and O–H groups in total. The minimum absolute atomic E-state index is 0.322. The van der Waals surface area contributed by atoms with E-state index in [2.05, 4.69) is 5.10 Å². The first-order valence-corrected chi connectivity index (χ1v) is 6.49. The van der Waals surface area contributed by atoms with E-state index >= 15 is 0 Å². The first kappa shape index (κ1) is 14.8. The molecule has 0 aliphatic rings. The highest BCUT2D eigenvalue weighted by Crippen LogP contribution is 2.21. The highest BCUT2D eigenvalue weighted by atomic mass is 35.5. The molecular weight excluding hydrogens is 290 g/mol. The van der Waals surface area contributed by atoms with E-state index in [1.807, 2.05) is 19.1 Å². The minimum Gasteiger partial charge on any atom is -0.477 e. The van der Waals surface area contributed by atoms with Crippen LogP contribution in [-0.2, 0) is 4.79 Å². The topological polar surface area (TPSA) is 78.9 Å². The van der Waals surface area contributed by atoms with Crippen LogP contribution >= 0.6 is 11.6 Å². The van der Waals surface area contributed by atoms with Gasteiger partial charge in [0.05, 0.1) is 11.4 Å². The van der Waals surface area contributed by atoms with E-state index in [9.17, 15) is 4.79 Å². The molecule has 0 radical (unpaired) electrons. The Kier molecular flexibility index (Phi) is 4.10. The van der Waals surface area contributed by atoms with Crippen molar-refractivity contribution in [1.29, 1.82) is 5.26 Å². The van der Waals surface area contributed by atoms with Crippen LogP contribution in [0, 0.1) is 25.2 Å². The zero-order chi connectivity index (χ0) is 15.6. The Morgan fingerprint density at radius 3 is 2.52 bits per heavy atom. The van der Waals surface area contributed by atoms with Crippen molar-refractivity contribution in [1.82, 2.24) is 9.78 Å². The number of carbonyl (C=O) groups is 1. The van der Waals surface area contributed by atoms with Crippen molar-refractivity contribution in [3.8, 4) is 11.8 Å². The molecule has 21 heavy (non-hydrogen) atoms. The summed E-state index contributed by atoms with van der Waals surface area (Å²) in [6.45, 7) is 3.58. The third-order valence-corrected chi connectivity index (χ3v) is 3.31. The summed E-state index contributed by atoms with van der Waals surface area (Å²) in [6.07, 6.45) is 1.34. The quantitative estimate of drug-likeness (QED) is 0.697. The fraction of sp³-hybridized carbons (Fsp3) is 0.133. The average molecular weight is 302 g/mol. The van der Waals surface area contributed by atoms with Gasteiger partial charge in [-0.2, -0.15) is 10.4 Å². The lowest BCUT2D eigenvalue weighted by Crippen LogP contribution is -1.99. The molecule has 0 aliphatic carbocycles. The summed E-state index contributed by atoms with van der Waals surface area (Å²) < 4.78 is 1.69. The van der Waals surface area contributed by atoms with E-state index in [0.29, 0.717) is 16.3 Å². The molecule has 0 aliphatic heterocycles. The Balaban J connectivity index is 2.55. The number of halogens is 1. The number of nitrogens with zero attached hydrogens (tertiary/aromatic N) is 3. The summed E-state index contributed by atoms with van der Waals surface area (Å²) in [5.74, 6) is -1.25. The fourth-order valence-electron chi connectivity index (χ4n) is 1.98. The smallest absolute Gasteiger partial charge is 0.346 e. The first-order chi connectivity index (χ1) is 9.93. The number of rotatable bonds is 3. The maximum Gasteiger partial charge on any atom is 0.346 e. The summed E-state index contributed by atoms with van der Waals surface area (Å²) in [5, 5.41) is 22.8. The summed E-state index contributed by atoms with van der Waals surface area (Å²) in [6, 6.07) is 8.80. The molecule has 2 aromatic rings. The van der Waals surface area contributed by atoms with Crippen LogP contribution in [-0.4, -0.2) is 20.9 Å². The number of aromatic nitrogens is 2. The van der Waals surface area contributed by atoms with Crippen LogP contribution in [0.15, 0.2) is 29.8 Å². The van der Waals surface area contributed by atoms with Crippen LogP contribution in [0.25, 0.3) is 11.8 Å². The van der Waals surface area contributed by atoms with Crippen LogP contribution in [0.1, 0.15) is 17.0 Å². The van der Waals surface area contributed by atoms with Crippen molar-refractivity contribution in [2.24, 2.45) is 0 Å². The van der Waals surface area contributed by atoms with Gasteiger partial charge in [-0.3, -0.25) is 0 Å². The van der Waals surface area contributed by atoms with Gasteiger partial charge < -0.3 is 5.11 Å². The molecule has 1 aromatic carbocycles. The molecule has 0 unspecified atom stereocenters. The normalized spacial score (nSPS) is 11.2. The third-order valence-electron chi connectivity index (χ3n) is 3.06. The standard InChI is InChI=1S/C15H12ClN3O2/c1-9-14(7-11(8-17)15(20)21)10(2)19(18-9)13-5-3-12(16)4-6-13/h3-7H,1-2H3,(H,20,21). The fourth-order valence-corrected chi connectivity index (χ4v) is 2.11. The predicted octanol–water partition coefficient (Wildman–Crippen LogP) is 3.13. The van der Waals surface area contributed by atoms with Gasteiger partial charge in [0, 0.05) is 16.3 Å². The van der Waals surface area contributed by atoms with Crippen molar-refractivity contribution in [2.45, 2.75) is 13.8 Å². The maximum absolute atomic E-state index is 10.9. The van der Waals surface area contributed by atoms with E-state index in [1.165, 1.54) is 6.08 Å². The van der Waals surface area contributed by atoms with Crippen LogP contribution in [0.2, 0.25) is 5.02 Å². The molecule has 6 heteroatoms. The van der Waals surface area contributed by atoms with Crippen molar-refractivity contribution in [3.63, 3.8) is 0 Å². The molecule has 0 amide bonds. The number of carboxylic acid groups (broad SMARTS) is 1. The van der Waals surface area contributed by atoms with Crippen LogP contribution in [0.5, 0.6) is 0 Å². The molecule has 1 heterocycles. The number of benzene rings is 1. The molecular formula is C15H12ClN3O2. The van der Waals surface area contributed by atoms with E-state index in [1.54, 1.807) is 29.8 Å². The second-order valence-electron chi connectivity index (χ2n) is 4.45. The predicted molar refractivity (Wildman–Crippen MR) is 79.3 cm³/mol. The van der Waals surface area contributed by atoms with Crippen molar-refractivity contribution < 1.29 is 9.90 Å². The SMILES string of the molecule is Cc1nn(-c2ccc(Cl)cc2)c(C)c1C=C(C#N)C(=O)O. The van der Waals surface area contributed by atoms with Gasteiger partial charge in [0.1, 0.15) is 11.6 Å². The van der Waals surface area contributed by atoms with Gasteiger partial charge >= 0.3 is 5.97 Å². The highest BCUT2D eigenvalue weighted by molar-refractivity contribution is 6.30. The lowest BCUT2D eigenvalue weighted by atomic mass is 10.1. The Hall–Kier alpha value is -2.58. The second kappa shape index (κ2) is 5.81. The first-order valence-electron chi connectivity index (χ1n) is 6.11. The number of carboxylic acids is 1. The lowest BCUT2D eigenvalue weighted by molar-refractivity contribution is -0.132. The van der Waals surface area contributed by atoms with Gasteiger partial charge in [-0.1, -0.05) is 11.6 Å². The van der Waals surface area contributed by atoms with Crippen LogP contribution < -0.4 is 0 Å². The van der Waals surface area contributed by atoms with Crippen molar-refractivity contribution in [3.05, 3.63) is 51.8 Å². The van der Waals surface area contributed by atoms with Gasteiger partial charge in [0.25, 0.3) is 0 Å². The molecule has 1 aromatic heterocycles. The maximum atomic E-state index is 10.9. The molecule has 0 saturated carbocycles. The summed E-state index contributed by atoms with van der Waals surface area (Å²) in [4.78, 5) is 10.9. The average Bonchev–Trinajstić information content (AvgIpc) is 2.72. The molecule has 2 rings (SSSR count). The Labute approximate surface area is 126 Å². The van der Waals surface area contributed by atoms with Gasteiger partial charge in [-0.15, -0.1) is 0 Å². The van der Waals surface area contributed by atoms with Crippen molar-refractivity contribution >= 4 is 23.6 Å². The number of hydrogen-bond acceptors (Lipinski definition) is 3. The van der Waals surface area contributed by atoms with Crippen LogP contribution in [0.3, 0.4) is 0 Å². The monoisotopic (exact) mass is 301 g/mol. The largest absolute Gasteiger partial charge is 0.477 e. The minimum atomic E-state index is -1.25. The summed E-state index contributed by atoms with van der Waals surface area (Å²) in [5.41, 5.74) is 2.52. The van der Waals surface area contributed by atoms with E-state index in [4.69, 9.17) is 22.0 Å². The highest BCUT2D eigenvalue weighted by Gasteiger charge is 2.14. The Bertz CT molecular complexity index is 767. The summed E-state index contributed by atoms with van der Waals surface area (Å²) in [7, 11) is 0. The van der Waals surface area contributed by atoms with Gasteiger partial charge in [0.15, 0.2) is 0 Å². The molecule has 0 saturated heterocycles. The van der Waals surface area contributed by atoms with Gasteiger partial charge in [-0.05, 0) is 44.2 Å². The van der Waals surface area contributed by atoms with Gasteiger partial charge in [0.2, 0.25) is 0 Å².